The third kappa shape index (κ3) is 4.17. The first-order valence-corrected chi connectivity index (χ1v) is 9.97. The molecule has 0 saturated heterocycles. The summed E-state index contributed by atoms with van der Waals surface area (Å²) in [7, 11) is 1.62. The van der Waals surface area contributed by atoms with Crippen LogP contribution in [0, 0.1) is 0 Å². The van der Waals surface area contributed by atoms with Gasteiger partial charge in [-0.15, -0.1) is 0 Å². The molecule has 4 aromatic rings. The fourth-order valence-corrected chi connectivity index (χ4v) is 3.39. The number of ether oxygens (including phenoxy) is 2. The second-order valence-electron chi connectivity index (χ2n) is 6.44. The van der Waals surface area contributed by atoms with Crippen molar-refractivity contribution in [3.63, 3.8) is 0 Å². The van der Waals surface area contributed by atoms with Gasteiger partial charge in [-0.1, -0.05) is 40.2 Å². The van der Waals surface area contributed by atoms with Gasteiger partial charge >= 0.3 is 0 Å². The van der Waals surface area contributed by atoms with Gasteiger partial charge in [0.1, 0.15) is 23.9 Å². The van der Waals surface area contributed by atoms with Crippen molar-refractivity contribution in [1.82, 2.24) is 9.55 Å². The highest BCUT2D eigenvalue weighted by Crippen LogP contribution is 2.22. The van der Waals surface area contributed by atoms with Crippen molar-refractivity contribution in [1.29, 1.82) is 0 Å². The Hall–Kier alpha value is -3.12. The van der Waals surface area contributed by atoms with E-state index in [0.717, 1.165) is 21.5 Å². The summed E-state index contributed by atoms with van der Waals surface area (Å²) in [6.07, 6.45) is 0. The first kappa shape index (κ1) is 19.2. The second-order valence-corrected chi connectivity index (χ2v) is 7.36. The Morgan fingerprint density at radius 1 is 0.931 bits per heavy atom. The molecule has 5 nitrogen and oxygen atoms in total. The Morgan fingerprint density at radius 3 is 2.34 bits per heavy atom. The lowest BCUT2D eigenvalue weighted by Gasteiger charge is -2.14. The van der Waals surface area contributed by atoms with Crippen molar-refractivity contribution in [3.05, 3.63) is 87.6 Å². The van der Waals surface area contributed by atoms with Crippen LogP contribution < -0.4 is 15.0 Å². The van der Waals surface area contributed by atoms with E-state index in [0.29, 0.717) is 29.9 Å². The minimum absolute atomic E-state index is 0.0770. The average molecular weight is 451 g/mol. The number of rotatable bonds is 6. The maximum absolute atomic E-state index is 13.2. The number of nitrogens with zero attached hydrogens (tertiary/aromatic N) is 2. The minimum atomic E-state index is -0.0770. The lowest BCUT2D eigenvalue weighted by atomic mass is 10.2. The summed E-state index contributed by atoms with van der Waals surface area (Å²) in [5, 5.41) is 0.595. The number of para-hydroxylation sites is 1. The first-order valence-electron chi connectivity index (χ1n) is 9.18. The summed E-state index contributed by atoms with van der Waals surface area (Å²) >= 11 is 3.45. The van der Waals surface area contributed by atoms with Crippen LogP contribution in [-0.4, -0.2) is 23.3 Å². The molecule has 1 heterocycles. The summed E-state index contributed by atoms with van der Waals surface area (Å²) in [4.78, 5) is 17.9. The van der Waals surface area contributed by atoms with E-state index in [1.54, 1.807) is 17.7 Å². The summed E-state index contributed by atoms with van der Waals surface area (Å²) in [5.74, 6) is 2.11. The number of aromatic nitrogens is 2. The molecule has 0 spiro atoms. The van der Waals surface area contributed by atoms with E-state index in [-0.39, 0.29) is 5.56 Å². The minimum Gasteiger partial charge on any atom is -0.497 e. The van der Waals surface area contributed by atoms with Crippen LogP contribution in [0.5, 0.6) is 11.5 Å². The molecule has 0 aliphatic rings. The summed E-state index contributed by atoms with van der Waals surface area (Å²) in [6.45, 7) is 0.726. The van der Waals surface area contributed by atoms with Crippen LogP contribution in [-0.2, 0) is 6.54 Å². The predicted octanol–water partition coefficient (Wildman–Crippen LogP) is 4.91. The Bertz CT molecular complexity index is 1190. The van der Waals surface area contributed by atoms with Gasteiger partial charge in [0, 0.05) is 10.0 Å². The number of hydrogen-bond donors (Lipinski definition) is 0. The summed E-state index contributed by atoms with van der Waals surface area (Å²) in [5.41, 5.74) is 1.48. The van der Waals surface area contributed by atoms with E-state index in [9.17, 15) is 4.79 Å². The van der Waals surface area contributed by atoms with Crippen LogP contribution in [0.3, 0.4) is 0 Å². The van der Waals surface area contributed by atoms with Crippen molar-refractivity contribution in [2.75, 3.05) is 13.7 Å². The lowest BCUT2D eigenvalue weighted by molar-refractivity contribution is 0.296. The number of halogens is 1. The Kier molecular flexibility index (Phi) is 5.62. The molecule has 1 aromatic heterocycles. The van der Waals surface area contributed by atoms with Gasteiger partial charge in [0.2, 0.25) is 0 Å². The highest BCUT2D eigenvalue weighted by Gasteiger charge is 2.13. The van der Waals surface area contributed by atoms with E-state index >= 15 is 0 Å². The third-order valence-corrected chi connectivity index (χ3v) is 5.14. The standard InChI is InChI=1S/C23H19BrN2O3/c1-28-18-10-12-19(13-11-18)29-15-14-26-22(16-6-8-17(24)9-7-16)25-21-5-3-2-4-20(21)23(26)27/h2-13H,14-15H2,1H3. The molecule has 0 aliphatic heterocycles. The van der Waals surface area contributed by atoms with Gasteiger partial charge in [0.15, 0.2) is 0 Å². The van der Waals surface area contributed by atoms with Gasteiger partial charge in [-0.25, -0.2) is 4.98 Å². The maximum atomic E-state index is 13.2. The smallest absolute Gasteiger partial charge is 0.261 e. The highest BCUT2D eigenvalue weighted by atomic mass is 79.9. The van der Waals surface area contributed by atoms with E-state index in [1.807, 2.05) is 66.7 Å². The van der Waals surface area contributed by atoms with Crippen LogP contribution in [0.2, 0.25) is 0 Å². The summed E-state index contributed by atoms with van der Waals surface area (Å²) in [6, 6.07) is 22.5. The number of hydrogen-bond acceptors (Lipinski definition) is 4. The molecule has 0 radical (unpaired) electrons. The molecule has 0 amide bonds. The zero-order valence-corrected chi connectivity index (χ0v) is 17.4. The molecule has 29 heavy (non-hydrogen) atoms. The predicted molar refractivity (Wildman–Crippen MR) is 118 cm³/mol. The van der Waals surface area contributed by atoms with Crippen molar-refractivity contribution >= 4 is 26.8 Å². The molecule has 4 rings (SSSR count). The van der Waals surface area contributed by atoms with Crippen molar-refractivity contribution < 1.29 is 9.47 Å². The van der Waals surface area contributed by atoms with Crippen LogP contribution in [0.25, 0.3) is 22.3 Å². The van der Waals surface area contributed by atoms with Gasteiger partial charge in [-0.3, -0.25) is 9.36 Å². The van der Waals surface area contributed by atoms with Crippen LogP contribution >= 0.6 is 15.9 Å². The molecule has 0 bridgehead atoms. The largest absolute Gasteiger partial charge is 0.497 e. The van der Waals surface area contributed by atoms with E-state index in [1.165, 1.54) is 0 Å². The van der Waals surface area contributed by atoms with Gasteiger partial charge in [-0.2, -0.15) is 0 Å². The monoisotopic (exact) mass is 450 g/mol. The van der Waals surface area contributed by atoms with E-state index < -0.39 is 0 Å². The molecular weight excluding hydrogens is 432 g/mol. The molecule has 0 saturated carbocycles. The molecule has 0 aliphatic carbocycles. The molecule has 3 aromatic carbocycles. The zero-order chi connectivity index (χ0) is 20.2. The molecule has 6 heteroatoms. The average Bonchev–Trinajstić information content (AvgIpc) is 2.76. The van der Waals surface area contributed by atoms with Crippen molar-refractivity contribution in [2.45, 2.75) is 6.54 Å². The topological polar surface area (TPSA) is 53.4 Å². The highest BCUT2D eigenvalue weighted by molar-refractivity contribution is 9.10. The molecule has 0 fully saturated rings. The second kappa shape index (κ2) is 8.49. The van der Waals surface area contributed by atoms with Gasteiger partial charge < -0.3 is 9.47 Å². The Labute approximate surface area is 176 Å². The molecule has 146 valence electrons. The number of benzene rings is 3. The van der Waals surface area contributed by atoms with Crippen molar-refractivity contribution in [3.8, 4) is 22.9 Å². The normalized spacial score (nSPS) is 10.8. The zero-order valence-electron chi connectivity index (χ0n) is 15.8. The van der Waals surface area contributed by atoms with Gasteiger partial charge in [-0.05, 0) is 48.5 Å². The fraction of sp³-hybridized carbons (Fsp3) is 0.130. The lowest BCUT2D eigenvalue weighted by Crippen LogP contribution is -2.26. The van der Waals surface area contributed by atoms with E-state index in [4.69, 9.17) is 14.5 Å². The van der Waals surface area contributed by atoms with E-state index in [2.05, 4.69) is 15.9 Å². The Balaban J connectivity index is 1.67. The SMILES string of the molecule is COc1ccc(OCCn2c(-c3ccc(Br)cc3)nc3ccccc3c2=O)cc1. The van der Waals surface area contributed by atoms with Crippen molar-refractivity contribution in [2.24, 2.45) is 0 Å². The molecule has 0 unspecified atom stereocenters. The van der Waals surface area contributed by atoms with Gasteiger partial charge in [0.05, 0.1) is 24.6 Å². The van der Waals surface area contributed by atoms with Crippen LogP contribution in [0.4, 0.5) is 0 Å². The molecular formula is C23H19BrN2O3. The fourth-order valence-electron chi connectivity index (χ4n) is 3.12. The number of fused-ring (bicyclic) bond motifs is 1. The van der Waals surface area contributed by atoms with Crippen LogP contribution in [0.15, 0.2) is 82.1 Å². The number of methoxy groups -OCH3 is 1. The first-order chi connectivity index (χ1) is 14.2. The quantitative estimate of drug-likeness (QED) is 0.418. The van der Waals surface area contributed by atoms with Gasteiger partial charge in [0.25, 0.3) is 5.56 Å². The molecule has 0 N–H and O–H groups in total. The summed E-state index contributed by atoms with van der Waals surface area (Å²) < 4.78 is 13.6. The maximum Gasteiger partial charge on any atom is 0.261 e. The molecule has 0 atom stereocenters. The third-order valence-electron chi connectivity index (χ3n) is 4.61. The van der Waals surface area contributed by atoms with Crippen LogP contribution in [0.1, 0.15) is 0 Å². The Morgan fingerprint density at radius 2 is 1.62 bits per heavy atom.